The van der Waals surface area contributed by atoms with Gasteiger partial charge < -0.3 is 14.8 Å². The molecule has 2 aliphatic carbocycles. The lowest BCUT2D eigenvalue weighted by Crippen LogP contribution is -2.48. The van der Waals surface area contributed by atoms with Crippen molar-refractivity contribution >= 4 is 21.6 Å². The van der Waals surface area contributed by atoms with Gasteiger partial charge in [0.1, 0.15) is 0 Å². The highest BCUT2D eigenvalue weighted by atomic mass is 32.2. The molecule has 3 fully saturated rings. The summed E-state index contributed by atoms with van der Waals surface area (Å²) >= 11 is 0. The van der Waals surface area contributed by atoms with Gasteiger partial charge in [0, 0.05) is 25.2 Å². The first-order chi connectivity index (χ1) is 15.5. The van der Waals surface area contributed by atoms with Gasteiger partial charge in [-0.15, -0.1) is 0 Å². The van der Waals surface area contributed by atoms with Crippen molar-refractivity contribution in [1.82, 2.24) is 9.62 Å². The molecule has 1 saturated heterocycles. The highest BCUT2D eigenvalue weighted by Crippen LogP contribution is 2.65. The maximum atomic E-state index is 12.8. The Morgan fingerprint density at radius 2 is 2.00 bits per heavy atom. The third kappa shape index (κ3) is 4.10. The minimum atomic E-state index is -3.89. The van der Waals surface area contributed by atoms with Crippen LogP contribution in [0.5, 0.6) is 5.75 Å². The molecule has 1 N–H and O–H groups in total. The summed E-state index contributed by atoms with van der Waals surface area (Å²) in [5.74, 6) is 0.0789. The molecule has 1 amide bonds. The summed E-state index contributed by atoms with van der Waals surface area (Å²) in [6.07, 6.45) is 3.14. The minimum absolute atomic E-state index is 0.00875. The number of rotatable bonds is 7. The number of carbonyl (C=O) groups is 1. The third-order valence-corrected chi connectivity index (χ3v) is 10.1. The standard InChI is InChI=1S/C22H31N3O7S/c1-21(2)15-6-7-22(21,3)19(12-15)23-20(26)14-32-18-5-4-16(13-17(18)25(27)28)33(29,30)24-8-10-31-11-9-24/h4-5,13,15,19H,6-12,14H2,1-3H3,(H,23,26)/t15-,19-,22-/m0/s1. The van der Waals surface area contributed by atoms with E-state index >= 15 is 0 Å². The lowest BCUT2D eigenvalue weighted by atomic mass is 9.69. The van der Waals surface area contributed by atoms with Crippen molar-refractivity contribution in [3.05, 3.63) is 28.3 Å². The molecule has 1 aromatic carbocycles. The van der Waals surface area contributed by atoms with Gasteiger partial charge in [-0.3, -0.25) is 14.9 Å². The van der Waals surface area contributed by atoms with Crippen molar-refractivity contribution in [3.63, 3.8) is 0 Å². The topological polar surface area (TPSA) is 128 Å². The first kappa shape index (κ1) is 23.9. The molecule has 1 aliphatic heterocycles. The number of hydrogen-bond donors (Lipinski definition) is 1. The van der Waals surface area contributed by atoms with E-state index in [0.717, 1.165) is 25.3 Å². The number of benzene rings is 1. The third-order valence-electron chi connectivity index (χ3n) is 8.22. The quantitative estimate of drug-likeness (QED) is 0.467. The fraction of sp³-hybridized carbons (Fsp3) is 0.682. The SMILES string of the molecule is CC1(C)[C@H]2CC[C@@]1(C)[C@@H](NC(=O)COc1ccc(S(=O)(=O)N3CCOCC3)cc1[N+](=O)[O-])C2. The molecule has 0 unspecified atom stereocenters. The van der Waals surface area contributed by atoms with Crippen LogP contribution >= 0.6 is 0 Å². The maximum absolute atomic E-state index is 12.8. The summed E-state index contributed by atoms with van der Waals surface area (Å²) in [5.41, 5.74) is -0.341. The van der Waals surface area contributed by atoms with Crippen molar-refractivity contribution in [2.75, 3.05) is 32.9 Å². The van der Waals surface area contributed by atoms with Gasteiger partial charge in [0.15, 0.2) is 12.4 Å². The summed E-state index contributed by atoms with van der Waals surface area (Å²) in [7, 11) is -3.89. The second-order valence-corrected chi connectivity index (χ2v) is 11.9. The van der Waals surface area contributed by atoms with Gasteiger partial charge in [-0.2, -0.15) is 4.31 Å². The van der Waals surface area contributed by atoms with Crippen molar-refractivity contribution in [2.45, 2.75) is 51.0 Å². The normalized spacial score (nSPS) is 29.1. The molecule has 4 rings (SSSR count). The Bertz CT molecular complexity index is 1050. The van der Waals surface area contributed by atoms with E-state index in [1.54, 1.807) is 0 Å². The Balaban J connectivity index is 1.44. The van der Waals surface area contributed by atoms with E-state index in [1.165, 1.54) is 16.4 Å². The van der Waals surface area contributed by atoms with Crippen LogP contribution in [0.2, 0.25) is 0 Å². The Kier molecular flexibility index (Phi) is 6.17. The molecule has 11 heteroatoms. The smallest absolute Gasteiger partial charge is 0.312 e. The lowest BCUT2D eigenvalue weighted by molar-refractivity contribution is -0.386. The highest BCUT2D eigenvalue weighted by Gasteiger charge is 2.61. The Morgan fingerprint density at radius 1 is 1.30 bits per heavy atom. The number of morpholine rings is 1. The molecule has 2 bridgehead atoms. The fourth-order valence-corrected chi connectivity index (χ4v) is 7.09. The summed E-state index contributed by atoms with van der Waals surface area (Å²) in [4.78, 5) is 23.3. The number of ether oxygens (including phenoxy) is 2. The van der Waals surface area contributed by atoms with E-state index in [0.29, 0.717) is 5.92 Å². The van der Waals surface area contributed by atoms with E-state index in [2.05, 4.69) is 26.1 Å². The van der Waals surface area contributed by atoms with Crippen LogP contribution in [0.3, 0.4) is 0 Å². The molecule has 3 atom stereocenters. The van der Waals surface area contributed by atoms with Crippen LogP contribution in [-0.2, 0) is 19.6 Å². The van der Waals surface area contributed by atoms with Crippen LogP contribution in [0.1, 0.15) is 40.0 Å². The number of hydrogen-bond acceptors (Lipinski definition) is 7. The van der Waals surface area contributed by atoms with Crippen LogP contribution < -0.4 is 10.1 Å². The zero-order valence-corrected chi connectivity index (χ0v) is 20.0. The molecule has 33 heavy (non-hydrogen) atoms. The molecule has 0 radical (unpaired) electrons. The molecule has 0 aromatic heterocycles. The van der Waals surface area contributed by atoms with E-state index in [9.17, 15) is 23.3 Å². The molecule has 2 saturated carbocycles. The molecule has 3 aliphatic rings. The second kappa shape index (κ2) is 8.52. The van der Waals surface area contributed by atoms with Crippen LogP contribution in [0.25, 0.3) is 0 Å². The van der Waals surface area contributed by atoms with E-state index < -0.39 is 20.6 Å². The van der Waals surface area contributed by atoms with Gasteiger partial charge in [0.2, 0.25) is 10.0 Å². The predicted molar refractivity (Wildman–Crippen MR) is 119 cm³/mol. The largest absolute Gasteiger partial charge is 0.477 e. The van der Waals surface area contributed by atoms with E-state index in [-0.39, 0.29) is 66.3 Å². The molecule has 10 nitrogen and oxygen atoms in total. The summed E-state index contributed by atoms with van der Waals surface area (Å²) in [5, 5.41) is 14.7. The van der Waals surface area contributed by atoms with Gasteiger partial charge in [0.25, 0.3) is 5.91 Å². The average Bonchev–Trinajstić information content (AvgIpc) is 3.11. The number of fused-ring (bicyclic) bond motifs is 2. The Labute approximate surface area is 193 Å². The number of sulfonamides is 1. The second-order valence-electron chi connectivity index (χ2n) is 9.92. The van der Waals surface area contributed by atoms with E-state index in [4.69, 9.17) is 9.47 Å². The van der Waals surface area contributed by atoms with Crippen molar-refractivity contribution in [1.29, 1.82) is 0 Å². The zero-order chi connectivity index (χ0) is 24.0. The van der Waals surface area contributed by atoms with Crippen molar-refractivity contribution in [2.24, 2.45) is 16.7 Å². The fourth-order valence-electron chi connectivity index (χ4n) is 5.66. The Morgan fingerprint density at radius 3 is 2.58 bits per heavy atom. The first-order valence-electron chi connectivity index (χ1n) is 11.3. The molecule has 182 valence electrons. The summed E-state index contributed by atoms with van der Waals surface area (Å²) < 4.78 is 37.5. The minimum Gasteiger partial charge on any atom is -0.477 e. The number of carbonyl (C=O) groups excluding carboxylic acids is 1. The Hall–Kier alpha value is -2.24. The summed E-state index contributed by atoms with van der Waals surface area (Å²) in [6, 6.07) is 3.53. The van der Waals surface area contributed by atoms with Gasteiger partial charge >= 0.3 is 5.69 Å². The van der Waals surface area contributed by atoms with Crippen LogP contribution in [0, 0.1) is 26.9 Å². The van der Waals surface area contributed by atoms with Crippen molar-refractivity contribution in [3.8, 4) is 5.75 Å². The van der Waals surface area contributed by atoms with Gasteiger partial charge in [0.05, 0.1) is 23.0 Å². The van der Waals surface area contributed by atoms with Gasteiger partial charge in [-0.25, -0.2) is 8.42 Å². The molecule has 0 spiro atoms. The monoisotopic (exact) mass is 481 g/mol. The highest BCUT2D eigenvalue weighted by molar-refractivity contribution is 7.89. The van der Waals surface area contributed by atoms with Crippen LogP contribution in [0.15, 0.2) is 23.1 Å². The summed E-state index contributed by atoms with van der Waals surface area (Å²) in [6.45, 7) is 7.26. The predicted octanol–water partition coefficient (Wildman–Crippen LogP) is 2.33. The molecule has 1 heterocycles. The van der Waals surface area contributed by atoms with Crippen LogP contribution in [0.4, 0.5) is 5.69 Å². The zero-order valence-electron chi connectivity index (χ0n) is 19.2. The molecular weight excluding hydrogens is 450 g/mol. The first-order valence-corrected chi connectivity index (χ1v) is 12.7. The number of nitro groups is 1. The van der Waals surface area contributed by atoms with Gasteiger partial charge in [-0.1, -0.05) is 20.8 Å². The number of nitrogens with zero attached hydrogens (tertiary/aromatic N) is 2. The number of nitrogens with one attached hydrogen (secondary N) is 1. The van der Waals surface area contributed by atoms with Crippen LogP contribution in [-0.4, -0.2) is 62.5 Å². The molecule has 1 aromatic rings. The maximum Gasteiger partial charge on any atom is 0.312 e. The number of amides is 1. The molecular formula is C22H31N3O7S. The average molecular weight is 482 g/mol. The number of nitro benzene ring substituents is 1. The van der Waals surface area contributed by atoms with E-state index in [1.807, 2.05) is 0 Å². The van der Waals surface area contributed by atoms with Gasteiger partial charge in [-0.05, 0) is 48.1 Å². The van der Waals surface area contributed by atoms with Crippen molar-refractivity contribution < 1.29 is 27.6 Å². The lowest BCUT2D eigenvalue weighted by Gasteiger charge is -2.39.